The second-order valence-electron chi connectivity index (χ2n) is 5.84. The largest absolute Gasteiger partial charge is 0.363 e. The highest BCUT2D eigenvalue weighted by Crippen LogP contribution is 2.23. The van der Waals surface area contributed by atoms with Crippen LogP contribution in [0.25, 0.3) is 0 Å². The molecule has 1 aromatic heterocycles. The van der Waals surface area contributed by atoms with E-state index in [1.165, 1.54) is 47.7 Å². The molecule has 8 heteroatoms. The standard InChI is InChI=1S/C20H12N2O5S/c23-17(16-6-3-11-28-16)21-13-9-7-12(8-10-13)20(26)27-22-18(24)14-4-1-2-5-15(14)19(22)25/h1-11H,(H,21,23). The Morgan fingerprint density at radius 1 is 0.857 bits per heavy atom. The molecule has 3 aromatic rings. The van der Waals surface area contributed by atoms with Gasteiger partial charge in [-0.3, -0.25) is 14.4 Å². The van der Waals surface area contributed by atoms with Crippen molar-refractivity contribution in [3.05, 3.63) is 87.6 Å². The van der Waals surface area contributed by atoms with Crippen LogP contribution < -0.4 is 5.32 Å². The highest BCUT2D eigenvalue weighted by atomic mass is 32.1. The third kappa shape index (κ3) is 3.17. The summed E-state index contributed by atoms with van der Waals surface area (Å²) in [5.74, 6) is -2.48. The van der Waals surface area contributed by atoms with Gasteiger partial charge in [0.15, 0.2) is 0 Å². The normalized spacial score (nSPS) is 12.6. The molecular weight excluding hydrogens is 380 g/mol. The second-order valence-corrected chi connectivity index (χ2v) is 6.79. The van der Waals surface area contributed by atoms with Crippen molar-refractivity contribution in [3.63, 3.8) is 0 Å². The third-order valence-electron chi connectivity index (χ3n) is 4.05. The van der Waals surface area contributed by atoms with E-state index in [4.69, 9.17) is 4.84 Å². The molecule has 28 heavy (non-hydrogen) atoms. The fourth-order valence-corrected chi connectivity index (χ4v) is 3.29. The molecule has 2 aromatic carbocycles. The molecule has 0 saturated carbocycles. The molecule has 0 bridgehead atoms. The lowest BCUT2D eigenvalue weighted by Gasteiger charge is -2.13. The molecule has 138 valence electrons. The molecule has 1 aliphatic heterocycles. The van der Waals surface area contributed by atoms with Gasteiger partial charge in [0.1, 0.15) is 0 Å². The van der Waals surface area contributed by atoms with Gasteiger partial charge in [0, 0.05) is 5.69 Å². The Bertz CT molecular complexity index is 1060. The summed E-state index contributed by atoms with van der Waals surface area (Å²) in [6.07, 6.45) is 0. The van der Waals surface area contributed by atoms with Crippen LogP contribution in [-0.2, 0) is 4.84 Å². The van der Waals surface area contributed by atoms with Crippen molar-refractivity contribution in [2.75, 3.05) is 5.32 Å². The summed E-state index contributed by atoms with van der Waals surface area (Å²) in [7, 11) is 0. The van der Waals surface area contributed by atoms with Gasteiger partial charge in [-0.05, 0) is 47.8 Å². The van der Waals surface area contributed by atoms with Crippen molar-refractivity contribution in [1.82, 2.24) is 5.06 Å². The van der Waals surface area contributed by atoms with Crippen LogP contribution >= 0.6 is 11.3 Å². The number of hydrogen-bond donors (Lipinski definition) is 1. The van der Waals surface area contributed by atoms with E-state index in [1.54, 1.807) is 29.6 Å². The summed E-state index contributed by atoms with van der Waals surface area (Å²) in [4.78, 5) is 54.4. The second kappa shape index (κ2) is 7.09. The first-order valence-electron chi connectivity index (χ1n) is 8.19. The van der Waals surface area contributed by atoms with Crippen molar-refractivity contribution in [1.29, 1.82) is 0 Å². The Hall–Kier alpha value is -3.78. The smallest absolute Gasteiger partial charge is 0.324 e. The van der Waals surface area contributed by atoms with Crippen LogP contribution in [0.15, 0.2) is 66.0 Å². The van der Waals surface area contributed by atoms with Crippen molar-refractivity contribution in [2.24, 2.45) is 0 Å². The number of nitrogens with zero attached hydrogens (tertiary/aromatic N) is 1. The Balaban J connectivity index is 1.44. The number of hydrogen-bond acceptors (Lipinski definition) is 6. The molecule has 0 saturated heterocycles. The fraction of sp³-hybridized carbons (Fsp3) is 0. The number of rotatable bonds is 4. The van der Waals surface area contributed by atoms with E-state index in [0.717, 1.165) is 0 Å². The van der Waals surface area contributed by atoms with Crippen LogP contribution in [0.3, 0.4) is 0 Å². The molecule has 0 spiro atoms. The van der Waals surface area contributed by atoms with Gasteiger partial charge < -0.3 is 10.2 Å². The lowest BCUT2D eigenvalue weighted by molar-refractivity contribution is -0.0584. The Morgan fingerprint density at radius 2 is 1.50 bits per heavy atom. The van der Waals surface area contributed by atoms with E-state index in [2.05, 4.69) is 5.32 Å². The van der Waals surface area contributed by atoms with E-state index in [-0.39, 0.29) is 22.6 Å². The third-order valence-corrected chi connectivity index (χ3v) is 4.92. The zero-order chi connectivity index (χ0) is 19.7. The minimum absolute atomic E-state index is 0.130. The highest BCUT2D eigenvalue weighted by Gasteiger charge is 2.38. The van der Waals surface area contributed by atoms with E-state index in [9.17, 15) is 19.2 Å². The lowest BCUT2D eigenvalue weighted by Crippen LogP contribution is -2.32. The summed E-state index contributed by atoms with van der Waals surface area (Å²) in [6.45, 7) is 0. The number of benzene rings is 2. The molecule has 3 amide bonds. The van der Waals surface area contributed by atoms with Crippen LogP contribution in [-0.4, -0.2) is 28.8 Å². The number of amides is 3. The number of anilines is 1. The molecule has 0 radical (unpaired) electrons. The average Bonchev–Trinajstić information content (AvgIpc) is 3.33. The van der Waals surface area contributed by atoms with Gasteiger partial charge in [0.05, 0.1) is 21.6 Å². The van der Waals surface area contributed by atoms with Gasteiger partial charge >= 0.3 is 5.97 Å². The SMILES string of the molecule is O=C(ON1C(=O)c2ccccc2C1=O)c1ccc(NC(=O)c2cccs2)cc1. The van der Waals surface area contributed by atoms with E-state index in [0.29, 0.717) is 15.6 Å². The lowest BCUT2D eigenvalue weighted by atomic mass is 10.1. The quantitative estimate of drug-likeness (QED) is 0.687. The van der Waals surface area contributed by atoms with Gasteiger partial charge in [0.25, 0.3) is 17.7 Å². The number of fused-ring (bicyclic) bond motifs is 1. The van der Waals surface area contributed by atoms with Gasteiger partial charge in [-0.1, -0.05) is 23.3 Å². The summed E-state index contributed by atoms with van der Waals surface area (Å²) < 4.78 is 0. The summed E-state index contributed by atoms with van der Waals surface area (Å²) in [5, 5.41) is 4.97. The Kier molecular flexibility index (Phi) is 4.46. The predicted octanol–water partition coefficient (Wildman–Crippen LogP) is 3.37. The van der Waals surface area contributed by atoms with Crippen LogP contribution in [0.5, 0.6) is 0 Å². The van der Waals surface area contributed by atoms with E-state index < -0.39 is 17.8 Å². The van der Waals surface area contributed by atoms with Gasteiger partial charge in [0.2, 0.25) is 0 Å². The fourth-order valence-electron chi connectivity index (χ4n) is 2.68. The topological polar surface area (TPSA) is 92.8 Å². The molecule has 2 heterocycles. The van der Waals surface area contributed by atoms with Gasteiger partial charge in [-0.15, -0.1) is 11.3 Å². The summed E-state index contributed by atoms with van der Waals surface area (Å²) >= 11 is 1.32. The summed E-state index contributed by atoms with van der Waals surface area (Å²) in [6, 6.07) is 15.6. The molecule has 1 N–H and O–H groups in total. The predicted molar refractivity (Wildman–Crippen MR) is 101 cm³/mol. The molecule has 7 nitrogen and oxygen atoms in total. The zero-order valence-corrected chi connectivity index (χ0v) is 15.1. The number of nitrogens with one attached hydrogen (secondary N) is 1. The number of imide groups is 1. The number of hydroxylamine groups is 2. The average molecular weight is 392 g/mol. The molecule has 0 aliphatic carbocycles. The maximum atomic E-state index is 12.3. The monoisotopic (exact) mass is 392 g/mol. The first-order chi connectivity index (χ1) is 13.5. The van der Waals surface area contributed by atoms with Crippen molar-refractivity contribution >= 4 is 40.7 Å². The first-order valence-corrected chi connectivity index (χ1v) is 9.07. The van der Waals surface area contributed by atoms with E-state index in [1.807, 2.05) is 0 Å². The van der Waals surface area contributed by atoms with E-state index >= 15 is 0 Å². The molecule has 4 rings (SSSR count). The van der Waals surface area contributed by atoms with Crippen LogP contribution in [0, 0.1) is 0 Å². The molecule has 0 fully saturated rings. The van der Waals surface area contributed by atoms with Gasteiger partial charge in [-0.25, -0.2) is 4.79 Å². The van der Waals surface area contributed by atoms with Crippen molar-refractivity contribution < 1.29 is 24.0 Å². The number of thiophene rings is 1. The molecular formula is C20H12N2O5S. The zero-order valence-electron chi connectivity index (χ0n) is 14.2. The van der Waals surface area contributed by atoms with Gasteiger partial charge in [-0.2, -0.15) is 0 Å². The minimum Gasteiger partial charge on any atom is -0.324 e. The highest BCUT2D eigenvalue weighted by molar-refractivity contribution is 7.12. The minimum atomic E-state index is -0.856. The van der Waals surface area contributed by atoms with Crippen LogP contribution in [0.2, 0.25) is 0 Å². The number of carbonyl (C=O) groups excluding carboxylic acids is 4. The molecule has 0 atom stereocenters. The maximum Gasteiger partial charge on any atom is 0.363 e. The van der Waals surface area contributed by atoms with Crippen molar-refractivity contribution in [2.45, 2.75) is 0 Å². The van der Waals surface area contributed by atoms with Crippen LogP contribution in [0.1, 0.15) is 40.7 Å². The number of carbonyl (C=O) groups is 4. The Labute approximate surface area is 163 Å². The molecule has 1 aliphatic rings. The summed E-state index contributed by atoms with van der Waals surface area (Å²) in [5.41, 5.74) is 1.00. The molecule has 0 unspecified atom stereocenters. The maximum absolute atomic E-state index is 12.3. The first kappa shape index (κ1) is 17.6. The van der Waals surface area contributed by atoms with Crippen molar-refractivity contribution in [3.8, 4) is 0 Å². The van der Waals surface area contributed by atoms with Crippen LogP contribution in [0.4, 0.5) is 5.69 Å². The Morgan fingerprint density at radius 3 is 2.07 bits per heavy atom.